The maximum atomic E-state index is 4.65. The molecule has 0 amide bonds. The fraction of sp³-hybridized carbons (Fsp3) is 0.529. The van der Waals surface area contributed by atoms with Gasteiger partial charge in [0.1, 0.15) is 0 Å². The van der Waals surface area contributed by atoms with Crippen LogP contribution in [-0.4, -0.2) is 27.9 Å². The van der Waals surface area contributed by atoms with Gasteiger partial charge in [0.05, 0.1) is 11.4 Å². The van der Waals surface area contributed by atoms with Crippen molar-refractivity contribution in [3.63, 3.8) is 0 Å². The van der Waals surface area contributed by atoms with Gasteiger partial charge in [-0.25, -0.2) is 0 Å². The molecule has 2 aromatic rings. The molecule has 0 radical (unpaired) electrons. The lowest BCUT2D eigenvalue weighted by Crippen LogP contribution is -2.30. The number of aromatic nitrogens is 3. The highest BCUT2D eigenvalue weighted by Crippen LogP contribution is 2.21. The minimum atomic E-state index is 0.352. The summed E-state index contributed by atoms with van der Waals surface area (Å²) in [6.07, 6.45) is 7.63. The van der Waals surface area contributed by atoms with Crippen molar-refractivity contribution in [1.82, 2.24) is 20.1 Å². The van der Waals surface area contributed by atoms with Crippen LogP contribution in [0.25, 0.3) is 11.4 Å². The van der Waals surface area contributed by atoms with E-state index in [1.165, 1.54) is 24.9 Å². The second kappa shape index (κ2) is 6.39. The molecule has 0 spiro atoms. The molecule has 1 aliphatic heterocycles. The molecule has 21 heavy (non-hydrogen) atoms. The molecule has 1 N–H and O–H groups in total. The topological polar surface area (TPSA) is 42.7 Å². The number of nitrogens with zero attached hydrogens (tertiary/aromatic N) is 3. The molecule has 1 aliphatic rings. The third-order valence-corrected chi connectivity index (χ3v) is 4.17. The minimum absolute atomic E-state index is 0.352. The summed E-state index contributed by atoms with van der Waals surface area (Å²) >= 11 is 0. The van der Waals surface area contributed by atoms with E-state index in [0.717, 1.165) is 30.3 Å². The zero-order valence-electron chi connectivity index (χ0n) is 12.9. The molecule has 112 valence electrons. The van der Waals surface area contributed by atoms with Crippen LogP contribution in [0.5, 0.6) is 0 Å². The van der Waals surface area contributed by atoms with E-state index in [1.807, 2.05) is 23.1 Å². The van der Waals surface area contributed by atoms with Crippen molar-refractivity contribution in [2.24, 2.45) is 5.92 Å². The van der Waals surface area contributed by atoms with Crippen LogP contribution in [0.15, 0.2) is 30.6 Å². The molecule has 0 bridgehead atoms. The van der Waals surface area contributed by atoms with Gasteiger partial charge in [0.15, 0.2) is 0 Å². The molecule has 3 heterocycles. The van der Waals surface area contributed by atoms with E-state index in [0.29, 0.717) is 6.04 Å². The van der Waals surface area contributed by atoms with Crippen LogP contribution in [0.4, 0.5) is 0 Å². The molecule has 0 aliphatic carbocycles. The van der Waals surface area contributed by atoms with Crippen molar-refractivity contribution in [2.75, 3.05) is 13.1 Å². The van der Waals surface area contributed by atoms with E-state index in [9.17, 15) is 0 Å². The van der Waals surface area contributed by atoms with E-state index in [1.54, 1.807) is 0 Å². The van der Waals surface area contributed by atoms with Crippen LogP contribution in [0.1, 0.15) is 38.3 Å². The van der Waals surface area contributed by atoms with Crippen LogP contribution in [-0.2, 0) is 6.42 Å². The third-order valence-electron chi connectivity index (χ3n) is 4.17. The van der Waals surface area contributed by atoms with Crippen molar-refractivity contribution in [1.29, 1.82) is 0 Å². The summed E-state index contributed by atoms with van der Waals surface area (Å²) in [6, 6.07) is 6.73. The first kappa shape index (κ1) is 14.3. The highest BCUT2D eigenvalue weighted by molar-refractivity contribution is 5.54. The fourth-order valence-corrected chi connectivity index (χ4v) is 3.06. The summed E-state index contributed by atoms with van der Waals surface area (Å²) in [5.41, 5.74) is 3.44. The van der Waals surface area contributed by atoms with Crippen molar-refractivity contribution in [3.8, 4) is 11.4 Å². The maximum Gasteiger partial charge on any atom is 0.0883 e. The zero-order valence-corrected chi connectivity index (χ0v) is 12.9. The summed E-state index contributed by atoms with van der Waals surface area (Å²) in [5, 5.41) is 7.85. The van der Waals surface area contributed by atoms with Gasteiger partial charge < -0.3 is 5.32 Å². The second-order valence-electron chi connectivity index (χ2n) is 6.22. The number of pyridine rings is 1. The Balaban J connectivity index is 1.73. The Kier molecular flexibility index (Phi) is 4.34. The molecule has 4 heteroatoms. The predicted octanol–water partition coefficient (Wildman–Crippen LogP) is 3.07. The van der Waals surface area contributed by atoms with Gasteiger partial charge in [-0.3, -0.25) is 9.67 Å². The molecule has 0 unspecified atom stereocenters. The lowest BCUT2D eigenvalue weighted by atomic mass is 9.93. The lowest BCUT2D eigenvalue weighted by molar-refractivity contribution is 0.376. The number of piperidine rings is 1. The van der Waals surface area contributed by atoms with Crippen LogP contribution in [0.3, 0.4) is 0 Å². The Morgan fingerprint density at radius 3 is 2.90 bits per heavy atom. The van der Waals surface area contributed by atoms with E-state index >= 15 is 0 Å². The van der Waals surface area contributed by atoms with Gasteiger partial charge >= 0.3 is 0 Å². The molecule has 4 nitrogen and oxygen atoms in total. The first-order valence-electron chi connectivity index (χ1n) is 7.93. The number of nitrogens with one attached hydrogen (secondary N) is 1. The largest absolute Gasteiger partial charge is 0.316 e. The summed E-state index contributed by atoms with van der Waals surface area (Å²) < 4.78 is 2.02. The van der Waals surface area contributed by atoms with Crippen LogP contribution in [0, 0.1) is 5.92 Å². The number of hydrogen-bond donors (Lipinski definition) is 1. The number of rotatable bonds is 4. The quantitative estimate of drug-likeness (QED) is 0.938. The Labute approximate surface area is 126 Å². The van der Waals surface area contributed by atoms with Crippen LogP contribution < -0.4 is 5.32 Å². The summed E-state index contributed by atoms with van der Waals surface area (Å²) in [4.78, 5) is 4.65. The first-order chi connectivity index (χ1) is 10.2. The van der Waals surface area contributed by atoms with Crippen molar-refractivity contribution in [2.45, 2.75) is 39.2 Å². The summed E-state index contributed by atoms with van der Waals surface area (Å²) in [7, 11) is 0. The lowest BCUT2D eigenvalue weighted by Gasteiger charge is -2.22. The smallest absolute Gasteiger partial charge is 0.0883 e. The summed E-state index contributed by atoms with van der Waals surface area (Å²) in [6.45, 7) is 6.59. The monoisotopic (exact) mass is 284 g/mol. The Bertz CT molecular complexity index is 565. The van der Waals surface area contributed by atoms with Crippen molar-refractivity contribution >= 4 is 0 Å². The zero-order chi connectivity index (χ0) is 14.7. The SMILES string of the molecule is CC(C)n1nccc1-c1ccc(C[C@@H]2CCCNC2)cn1. The molecule has 1 fully saturated rings. The van der Waals surface area contributed by atoms with Gasteiger partial charge in [-0.05, 0) is 69.8 Å². The molecule has 1 saturated heterocycles. The van der Waals surface area contributed by atoms with E-state index < -0.39 is 0 Å². The molecule has 0 saturated carbocycles. The highest BCUT2D eigenvalue weighted by atomic mass is 15.3. The van der Waals surface area contributed by atoms with Crippen LogP contribution in [0.2, 0.25) is 0 Å². The predicted molar refractivity (Wildman–Crippen MR) is 85.1 cm³/mol. The van der Waals surface area contributed by atoms with E-state index in [4.69, 9.17) is 0 Å². The molecule has 2 aromatic heterocycles. The Hall–Kier alpha value is -1.68. The van der Waals surface area contributed by atoms with Gasteiger partial charge in [-0.1, -0.05) is 6.07 Å². The van der Waals surface area contributed by atoms with Crippen LogP contribution >= 0.6 is 0 Å². The highest BCUT2D eigenvalue weighted by Gasteiger charge is 2.14. The normalized spacial score (nSPS) is 19.1. The Morgan fingerprint density at radius 1 is 1.33 bits per heavy atom. The van der Waals surface area contributed by atoms with E-state index in [-0.39, 0.29) is 0 Å². The van der Waals surface area contributed by atoms with Gasteiger partial charge in [0.25, 0.3) is 0 Å². The molecular weight excluding hydrogens is 260 g/mol. The second-order valence-corrected chi connectivity index (χ2v) is 6.22. The Morgan fingerprint density at radius 2 is 2.24 bits per heavy atom. The van der Waals surface area contributed by atoms with E-state index in [2.05, 4.69) is 41.4 Å². The fourth-order valence-electron chi connectivity index (χ4n) is 3.06. The van der Waals surface area contributed by atoms with Crippen molar-refractivity contribution in [3.05, 3.63) is 36.2 Å². The average Bonchev–Trinajstić information content (AvgIpc) is 2.99. The third kappa shape index (κ3) is 3.32. The maximum absolute atomic E-state index is 4.65. The summed E-state index contributed by atoms with van der Waals surface area (Å²) in [5.74, 6) is 0.757. The standard InChI is InChI=1S/C17H24N4/c1-13(2)21-17(7-9-20-21)16-6-5-15(12-19-16)10-14-4-3-8-18-11-14/h5-7,9,12-14,18H,3-4,8,10-11H2,1-2H3/t14-/m0/s1. The average molecular weight is 284 g/mol. The number of hydrogen-bond acceptors (Lipinski definition) is 3. The van der Waals surface area contributed by atoms with Crippen molar-refractivity contribution < 1.29 is 0 Å². The molecule has 3 rings (SSSR count). The minimum Gasteiger partial charge on any atom is -0.316 e. The van der Waals surface area contributed by atoms with Gasteiger partial charge in [0, 0.05) is 18.4 Å². The van der Waals surface area contributed by atoms with Gasteiger partial charge in [-0.15, -0.1) is 0 Å². The molecular formula is C17H24N4. The van der Waals surface area contributed by atoms with Gasteiger partial charge in [-0.2, -0.15) is 5.10 Å². The molecule has 0 aromatic carbocycles. The molecule has 1 atom stereocenters. The van der Waals surface area contributed by atoms with Gasteiger partial charge in [0.2, 0.25) is 0 Å². The first-order valence-corrected chi connectivity index (χ1v) is 7.93.